The first-order chi connectivity index (χ1) is 17.7. The van der Waals surface area contributed by atoms with Crippen LogP contribution in [0.15, 0.2) is 36.4 Å². The number of halogens is 2. The smallest absolute Gasteiger partial charge is 0.324 e. The number of hydrogen-bond acceptors (Lipinski definition) is 4. The van der Waals surface area contributed by atoms with Gasteiger partial charge in [-0.15, -0.1) is 0 Å². The minimum absolute atomic E-state index is 0.177. The summed E-state index contributed by atoms with van der Waals surface area (Å²) in [6.45, 7) is 4.95. The number of carbonyl (C=O) groups is 4. The van der Waals surface area contributed by atoms with E-state index in [0.29, 0.717) is 18.5 Å². The van der Waals surface area contributed by atoms with Gasteiger partial charge >= 0.3 is 12.1 Å². The normalized spacial score (nSPS) is 18.4. The van der Waals surface area contributed by atoms with E-state index in [1.807, 2.05) is 20.8 Å². The number of nitrogens with zero attached hydrogens (tertiary/aromatic N) is 3. The van der Waals surface area contributed by atoms with E-state index in [0.717, 1.165) is 29.3 Å². The van der Waals surface area contributed by atoms with Gasteiger partial charge in [-0.2, -0.15) is 0 Å². The molecule has 1 fully saturated rings. The van der Waals surface area contributed by atoms with E-state index in [2.05, 4.69) is 10.6 Å². The maximum absolute atomic E-state index is 13.8. The highest BCUT2D eigenvalue weighted by Gasteiger charge is 2.54. The fraction of sp³-hybridized carbons (Fsp3) is 0.407. The van der Waals surface area contributed by atoms with Crippen molar-refractivity contribution >= 4 is 29.6 Å². The van der Waals surface area contributed by atoms with Crippen molar-refractivity contribution in [1.82, 2.24) is 20.0 Å². The summed E-state index contributed by atoms with van der Waals surface area (Å²) >= 11 is 0. The first-order valence-electron chi connectivity index (χ1n) is 12.2. The second-order valence-electron chi connectivity index (χ2n) is 10.9. The fourth-order valence-electron chi connectivity index (χ4n) is 4.76. The molecule has 2 N–H and O–H groups in total. The molecule has 1 saturated heterocycles. The Morgan fingerprint density at radius 2 is 1.68 bits per heavy atom. The molecule has 9 nitrogen and oxygen atoms in total. The highest BCUT2D eigenvalue weighted by atomic mass is 19.1. The average molecular weight is 528 g/mol. The van der Waals surface area contributed by atoms with Gasteiger partial charge in [0.05, 0.1) is 0 Å². The first kappa shape index (κ1) is 27.0. The standard InChI is InChI=1S/C27H31F2N5O4/c1-26(2,3)33(5)25(38)34(14-16-8-19(28)11-20(29)9-16)15-22(35)30-21-7-6-17-12-27(13-18(17)10-21)23(36)31-24(37)32(27)4/h6-11H,12-15H2,1-5H3,(H,30,35)(H,31,36,37)/t27-/m0/s1. The lowest BCUT2D eigenvalue weighted by Crippen LogP contribution is -2.51. The molecule has 2 aromatic rings. The third-order valence-electron chi connectivity index (χ3n) is 7.24. The molecule has 0 saturated carbocycles. The van der Waals surface area contributed by atoms with Crippen molar-refractivity contribution in [2.75, 3.05) is 26.0 Å². The number of rotatable bonds is 5. The van der Waals surface area contributed by atoms with E-state index in [4.69, 9.17) is 0 Å². The SMILES string of the molecule is CN(C(=O)N(CC(=O)Nc1ccc2c(c1)C[C@@]1(C2)C(=O)NC(=O)N1C)Cc1cc(F)cc(F)c1)C(C)(C)C. The van der Waals surface area contributed by atoms with Crippen LogP contribution in [0.2, 0.25) is 0 Å². The molecular formula is C27H31F2N5O4. The van der Waals surface area contributed by atoms with Gasteiger partial charge in [0.25, 0.3) is 5.91 Å². The van der Waals surface area contributed by atoms with E-state index in [1.54, 1.807) is 32.3 Å². The summed E-state index contributed by atoms with van der Waals surface area (Å²) < 4.78 is 27.6. The van der Waals surface area contributed by atoms with Crippen LogP contribution in [0.1, 0.15) is 37.5 Å². The van der Waals surface area contributed by atoms with Crippen LogP contribution < -0.4 is 10.6 Å². The van der Waals surface area contributed by atoms with Crippen LogP contribution in [-0.4, -0.2) is 70.3 Å². The number of imide groups is 1. The molecule has 4 rings (SSSR count). The van der Waals surface area contributed by atoms with Crippen molar-refractivity contribution in [3.63, 3.8) is 0 Å². The molecule has 38 heavy (non-hydrogen) atoms. The summed E-state index contributed by atoms with van der Waals surface area (Å²) in [5.41, 5.74) is 0.861. The van der Waals surface area contributed by atoms with Crippen LogP contribution in [0.25, 0.3) is 0 Å². The van der Waals surface area contributed by atoms with Gasteiger partial charge < -0.3 is 20.0 Å². The van der Waals surface area contributed by atoms with E-state index in [-0.39, 0.29) is 24.6 Å². The summed E-state index contributed by atoms with van der Waals surface area (Å²) in [5, 5.41) is 5.12. The molecule has 6 amide bonds. The molecule has 11 heteroatoms. The summed E-state index contributed by atoms with van der Waals surface area (Å²) in [5.74, 6) is -2.41. The third kappa shape index (κ3) is 5.18. The second-order valence-corrected chi connectivity index (χ2v) is 10.9. The number of urea groups is 2. The van der Waals surface area contributed by atoms with Crippen LogP contribution in [-0.2, 0) is 29.0 Å². The van der Waals surface area contributed by atoms with Crippen molar-refractivity contribution in [2.45, 2.75) is 51.2 Å². The fourth-order valence-corrected chi connectivity index (χ4v) is 4.76. The molecule has 1 heterocycles. The van der Waals surface area contributed by atoms with Gasteiger partial charge in [-0.3, -0.25) is 14.9 Å². The maximum atomic E-state index is 13.8. The Morgan fingerprint density at radius 3 is 2.26 bits per heavy atom. The molecule has 202 valence electrons. The highest BCUT2D eigenvalue weighted by molar-refractivity contribution is 6.07. The van der Waals surface area contributed by atoms with Gasteiger partial charge in [0.2, 0.25) is 5.91 Å². The van der Waals surface area contributed by atoms with Gasteiger partial charge in [0, 0.05) is 50.8 Å². The van der Waals surface area contributed by atoms with Gasteiger partial charge in [-0.1, -0.05) is 6.07 Å². The molecule has 0 radical (unpaired) electrons. The molecule has 2 aliphatic rings. The topological polar surface area (TPSA) is 102 Å². The molecule has 0 bridgehead atoms. The molecular weight excluding hydrogens is 496 g/mol. The number of hydrogen-bond donors (Lipinski definition) is 2. The zero-order valence-corrected chi connectivity index (χ0v) is 22.0. The monoisotopic (exact) mass is 527 g/mol. The van der Waals surface area contributed by atoms with Crippen molar-refractivity contribution in [3.8, 4) is 0 Å². The Hall–Kier alpha value is -4.02. The Morgan fingerprint density at radius 1 is 1.05 bits per heavy atom. The Labute approximate surface area is 219 Å². The Bertz CT molecular complexity index is 1300. The number of fused-ring (bicyclic) bond motifs is 1. The zero-order valence-electron chi connectivity index (χ0n) is 22.0. The highest BCUT2D eigenvalue weighted by Crippen LogP contribution is 2.38. The lowest BCUT2D eigenvalue weighted by molar-refractivity contribution is -0.125. The van der Waals surface area contributed by atoms with E-state index >= 15 is 0 Å². The van der Waals surface area contributed by atoms with Crippen LogP contribution in [0.3, 0.4) is 0 Å². The summed E-state index contributed by atoms with van der Waals surface area (Å²) in [6.07, 6.45) is 0.683. The largest absolute Gasteiger partial charge is 0.325 e. The summed E-state index contributed by atoms with van der Waals surface area (Å²) in [7, 11) is 3.18. The lowest BCUT2D eigenvalue weighted by Gasteiger charge is -2.36. The predicted octanol–water partition coefficient (Wildman–Crippen LogP) is 3.27. The second kappa shape index (κ2) is 9.70. The van der Waals surface area contributed by atoms with Gasteiger partial charge in [-0.05, 0) is 61.7 Å². The minimum Gasteiger partial charge on any atom is -0.325 e. The van der Waals surface area contributed by atoms with Crippen LogP contribution in [0, 0.1) is 11.6 Å². The molecule has 1 aliphatic carbocycles. The Kier molecular flexibility index (Phi) is 6.90. The van der Waals surface area contributed by atoms with Gasteiger partial charge in [0.15, 0.2) is 0 Å². The molecule has 1 aliphatic heterocycles. The van der Waals surface area contributed by atoms with Gasteiger partial charge in [0.1, 0.15) is 23.7 Å². The lowest BCUT2D eigenvalue weighted by atomic mass is 9.95. The van der Waals surface area contributed by atoms with E-state index in [9.17, 15) is 28.0 Å². The van der Waals surface area contributed by atoms with Gasteiger partial charge in [-0.25, -0.2) is 18.4 Å². The van der Waals surface area contributed by atoms with Crippen LogP contribution in [0.4, 0.5) is 24.1 Å². The third-order valence-corrected chi connectivity index (χ3v) is 7.24. The number of nitrogens with one attached hydrogen (secondary N) is 2. The van der Waals surface area contributed by atoms with Crippen molar-refractivity contribution in [2.24, 2.45) is 0 Å². The summed E-state index contributed by atoms with van der Waals surface area (Å²) in [4.78, 5) is 54.9. The Balaban J connectivity index is 1.51. The van der Waals surface area contributed by atoms with Crippen molar-refractivity contribution in [1.29, 1.82) is 0 Å². The number of benzene rings is 2. The quantitative estimate of drug-likeness (QED) is 0.583. The average Bonchev–Trinajstić information content (AvgIpc) is 3.29. The number of amides is 6. The molecule has 0 aromatic heterocycles. The van der Waals surface area contributed by atoms with E-state index in [1.165, 1.54) is 14.7 Å². The minimum atomic E-state index is -0.983. The maximum Gasteiger partial charge on any atom is 0.324 e. The molecule has 0 unspecified atom stereocenters. The van der Waals surface area contributed by atoms with Crippen LogP contribution >= 0.6 is 0 Å². The number of carbonyl (C=O) groups excluding carboxylic acids is 4. The predicted molar refractivity (Wildman–Crippen MR) is 136 cm³/mol. The van der Waals surface area contributed by atoms with Crippen molar-refractivity contribution < 1.29 is 28.0 Å². The van der Waals surface area contributed by atoms with Crippen molar-refractivity contribution in [3.05, 3.63) is 64.7 Å². The summed E-state index contributed by atoms with van der Waals surface area (Å²) in [6, 6.07) is 7.30. The zero-order chi connectivity index (χ0) is 28.0. The number of anilines is 1. The van der Waals surface area contributed by atoms with E-state index < -0.39 is 40.7 Å². The van der Waals surface area contributed by atoms with Crippen LogP contribution in [0.5, 0.6) is 0 Å². The number of likely N-dealkylation sites (N-methyl/N-ethyl adjacent to an activating group) is 1. The molecule has 1 atom stereocenters. The first-order valence-corrected chi connectivity index (χ1v) is 12.2. The molecule has 1 spiro atoms. The molecule has 2 aromatic carbocycles.